The van der Waals surface area contributed by atoms with Crippen molar-refractivity contribution >= 4 is 28.6 Å². The number of rotatable bonds is 7. The molecule has 174 valence electrons. The standard InChI is InChI=1S/C25H24ClN5O3/c26-20-8-6-18(7-9-20)23-22-24(34-29-23)28-16-31(25(22)33)15-21(32)27-11-3-12-30-13-10-17-4-1-2-5-19(17)14-30/h1-2,4-9,16H,3,10-15H2,(H,27,32). The van der Waals surface area contributed by atoms with Crippen LogP contribution in [-0.2, 0) is 24.3 Å². The zero-order chi connectivity index (χ0) is 23.5. The van der Waals surface area contributed by atoms with Gasteiger partial charge < -0.3 is 9.84 Å². The zero-order valence-electron chi connectivity index (χ0n) is 18.5. The Morgan fingerprint density at radius 1 is 1.12 bits per heavy atom. The minimum Gasteiger partial charge on any atom is -0.354 e. The van der Waals surface area contributed by atoms with Gasteiger partial charge in [0.25, 0.3) is 11.3 Å². The summed E-state index contributed by atoms with van der Waals surface area (Å²) in [5.74, 6) is -0.239. The number of carbonyl (C=O) groups excluding carboxylic acids is 1. The Kier molecular flexibility index (Phi) is 6.42. The number of aromatic nitrogens is 3. The molecule has 2 aromatic heterocycles. The highest BCUT2D eigenvalue weighted by atomic mass is 35.5. The third-order valence-corrected chi connectivity index (χ3v) is 6.33. The Morgan fingerprint density at radius 2 is 1.91 bits per heavy atom. The van der Waals surface area contributed by atoms with E-state index in [9.17, 15) is 9.59 Å². The lowest BCUT2D eigenvalue weighted by Gasteiger charge is -2.28. The number of hydrogen-bond acceptors (Lipinski definition) is 6. The van der Waals surface area contributed by atoms with Gasteiger partial charge in [-0.25, -0.2) is 4.98 Å². The molecule has 1 aliphatic rings. The van der Waals surface area contributed by atoms with Gasteiger partial charge in [-0.3, -0.25) is 19.1 Å². The van der Waals surface area contributed by atoms with Crippen LogP contribution in [0.15, 0.2) is 64.2 Å². The van der Waals surface area contributed by atoms with Crippen molar-refractivity contribution < 1.29 is 9.32 Å². The van der Waals surface area contributed by atoms with Gasteiger partial charge in [-0.15, -0.1) is 0 Å². The largest absolute Gasteiger partial charge is 0.354 e. The van der Waals surface area contributed by atoms with Crippen LogP contribution in [0.1, 0.15) is 17.5 Å². The molecule has 1 N–H and O–H groups in total. The summed E-state index contributed by atoms with van der Waals surface area (Å²) in [5, 5.41) is 7.72. The second-order valence-electron chi connectivity index (χ2n) is 8.39. The lowest BCUT2D eigenvalue weighted by atomic mass is 10.00. The molecule has 9 heteroatoms. The van der Waals surface area contributed by atoms with E-state index in [1.165, 1.54) is 22.0 Å². The lowest BCUT2D eigenvalue weighted by Crippen LogP contribution is -2.35. The molecule has 2 aromatic carbocycles. The van der Waals surface area contributed by atoms with Gasteiger partial charge in [-0.2, -0.15) is 0 Å². The van der Waals surface area contributed by atoms with Crippen LogP contribution in [0.4, 0.5) is 0 Å². The van der Waals surface area contributed by atoms with Gasteiger partial charge in [0.15, 0.2) is 0 Å². The van der Waals surface area contributed by atoms with E-state index >= 15 is 0 Å². The number of hydrogen-bond donors (Lipinski definition) is 1. The molecule has 4 aromatic rings. The molecular formula is C25H24ClN5O3. The highest BCUT2D eigenvalue weighted by molar-refractivity contribution is 6.30. The summed E-state index contributed by atoms with van der Waals surface area (Å²) in [7, 11) is 0. The van der Waals surface area contributed by atoms with Crippen LogP contribution in [-0.4, -0.2) is 45.1 Å². The average molecular weight is 478 g/mol. The molecule has 0 unspecified atom stereocenters. The first-order valence-corrected chi connectivity index (χ1v) is 11.6. The molecule has 1 aliphatic heterocycles. The Labute approximate surface area is 201 Å². The first kappa shape index (κ1) is 22.3. The minimum absolute atomic E-state index is 0.121. The number of amides is 1. The van der Waals surface area contributed by atoms with Crippen molar-refractivity contribution in [1.29, 1.82) is 0 Å². The Hall–Kier alpha value is -3.49. The maximum absolute atomic E-state index is 13.0. The Morgan fingerprint density at radius 3 is 2.74 bits per heavy atom. The number of halogens is 1. The van der Waals surface area contributed by atoms with Gasteiger partial charge in [0.2, 0.25) is 5.91 Å². The fourth-order valence-electron chi connectivity index (χ4n) is 4.28. The van der Waals surface area contributed by atoms with Gasteiger partial charge in [-0.1, -0.05) is 53.2 Å². The number of nitrogens with zero attached hydrogens (tertiary/aromatic N) is 4. The topological polar surface area (TPSA) is 93.3 Å². The summed E-state index contributed by atoms with van der Waals surface area (Å²) < 4.78 is 6.49. The van der Waals surface area contributed by atoms with Crippen LogP contribution in [0.5, 0.6) is 0 Å². The van der Waals surface area contributed by atoms with Crippen molar-refractivity contribution in [2.75, 3.05) is 19.6 Å². The fraction of sp³-hybridized carbons (Fsp3) is 0.280. The molecule has 1 amide bonds. The molecule has 0 radical (unpaired) electrons. The van der Waals surface area contributed by atoms with Crippen molar-refractivity contribution in [3.8, 4) is 11.3 Å². The van der Waals surface area contributed by atoms with Crippen LogP contribution < -0.4 is 10.9 Å². The van der Waals surface area contributed by atoms with Crippen molar-refractivity contribution in [2.24, 2.45) is 0 Å². The Bertz CT molecular complexity index is 1380. The third-order valence-electron chi connectivity index (χ3n) is 6.08. The number of nitrogens with one attached hydrogen (secondary N) is 1. The predicted octanol–water partition coefficient (Wildman–Crippen LogP) is 3.27. The van der Waals surface area contributed by atoms with E-state index in [2.05, 4.69) is 44.6 Å². The molecule has 0 bridgehead atoms. The van der Waals surface area contributed by atoms with E-state index in [0.717, 1.165) is 32.5 Å². The highest BCUT2D eigenvalue weighted by Gasteiger charge is 2.18. The van der Waals surface area contributed by atoms with Crippen LogP contribution in [0.3, 0.4) is 0 Å². The summed E-state index contributed by atoms with van der Waals surface area (Å²) in [6.07, 6.45) is 3.21. The van der Waals surface area contributed by atoms with Crippen LogP contribution in [0.2, 0.25) is 5.02 Å². The third kappa shape index (κ3) is 4.73. The van der Waals surface area contributed by atoms with E-state index in [0.29, 0.717) is 22.8 Å². The summed E-state index contributed by atoms with van der Waals surface area (Å²) in [5.41, 5.74) is 3.63. The van der Waals surface area contributed by atoms with E-state index in [1.54, 1.807) is 24.3 Å². The molecule has 0 atom stereocenters. The number of carbonyl (C=O) groups is 1. The molecule has 5 rings (SSSR count). The SMILES string of the molecule is O=C(Cn1cnc2onc(-c3ccc(Cl)cc3)c2c1=O)NCCCN1CCc2ccccc2C1. The van der Waals surface area contributed by atoms with Crippen molar-refractivity contribution in [2.45, 2.75) is 25.9 Å². The molecule has 0 saturated heterocycles. The van der Waals surface area contributed by atoms with Crippen LogP contribution >= 0.6 is 11.6 Å². The van der Waals surface area contributed by atoms with Crippen molar-refractivity contribution in [3.05, 3.63) is 81.4 Å². The second-order valence-corrected chi connectivity index (χ2v) is 8.83. The summed E-state index contributed by atoms with van der Waals surface area (Å²) in [4.78, 5) is 32.1. The van der Waals surface area contributed by atoms with Crippen LogP contribution in [0.25, 0.3) is 22.4 Å². The highest BCUT2D eigenvalue weighted by Crippen LogP contribution is 2.25. The molecule has 34 heavy (non-hydrogen) atoms. The predicted molar refractivity (Wildman–Crippen MR) is 130 cm³/mol. The molecule has 0 fully saturated rings. The van der Waals surface area contributed by atoms with Crippen LogP contribution in [0, 0.1) is 0 Å². The van der Waals surface area contributed by atoms with Gasteiger partial charge in [-0.05, 0) is 36.1 Å². The quantitative estimate of drug-likeness (QED) is 0.411. The summed E-state index contributed by atoms with van der Waals surface area (Å²) in [6.45, 7) is 3.31. The lowest BCUT2D eigenvalue weighted by molar-refractivity contribution is -0.121. The number of fused-ring (bicyclic) bond motifs is 2. The molecule has 0 saturated carbocycles. The van der Waals surface area contributed by atoms with E-state index in [4.69, 9.17) is 16.1 Å². The first-order chi connectivity index (χ1) is 16.6. The number of benzene rings is 2. The van der Waals surface area contributed by atoms with E-state index in [1.807, 2.05) is 0 Å². The van der Waals surface area contributed by atoms with Crippen molar-refractivity contribution in [3.63, 3.8) is 0 Å². The molecule has 8 nitrogen and oxygen atoms in total. The maximum atomic E-state index is 13.0. The molecule has 3 heterocycles. The monoisotopic (exact) mass is 477 g/mol. The summed E-state index contributed by atoms with van der Waals surface area (Å²) >= 11 is 5.95. The van der Waals surface area contributed by atoms with E-state index < -0.39 is 0 Å². The second kappa shape index (κ2) is 9.79. The van der Waals surface area contributed by atoms with E-state index in [-0.39, 0.29) is 29.1 Å². The summed E-state index contributed by atoms with van der Waals surface area (Å²) in [6, 6.07) is 15.5. The minimum atomic E-state index is -0.377. The molecular weight excluding hydrogens is 454 g/mol. The maximum Gasteiger partial charge on any atom is 0.267 e. The smallest absolute Gasteiger partial charge is 0.267 e. The van der Waals surface area contributed by atoms with Gasteiger partial charge >= 0.3 is 0 Å². The van der Waals surface area contributed by atoms with Gasteiger partial charge in [0.1, 0.15) is 24.0 Å². The van der Waals surface area contributed by atoms with Gasteiger partial charge in [0, 0.05) is 36.8 Å². The first-order valence-electron chi connectivity index (χ1n) is 11.2. The molecule has 0 aliphatic carbocycles. The average Bonchev–Trinajstić information content (AvgIpc) is 3.29. The van der Waals surface area contributed by atoms with Gasteiger partial charge in [0.05, 0.1) is 0 Å². The Balaban J connectivity index is 1.18. The zero-order valence-corrected chi connectivity index (χ0v) is 19.3. The fourth-order valence-corrected chi connectivity index (χ4v) is 4.41. The normalized spacial score (nSPS) is 13.7. The molecule has 0 spiro atoms. The van der Waals surface area contributed by atoms with Crippen molar-refractivity contribution in [1.82, 2.24) is 24.9 Å².